The smallest absolute Gasteiger partial charge is 0.0786 e. The Morgan fingerprint density at radius 1 is 0.357 bits per heavy atom. The molecule has 2 heteroatoms. The number of hydrogen-bond acceptors (Lipinski definition) is 0. The van der Waals surface area contributed by atoms with Crippen LogP contribution in [0.2, 0.25) is 0 Å². The molecule has 172 valence electrons. The van der Waals surface area contributed by atoms with Gasteiger partial charge in [0.2, 0.25) is 0 Å². The van der Waals surface area contributed by atoms with Gasteiger partial charge in [-0.05, 0) is 45.4 Å². The van der Waals surface area contributed by atoms with Crippen LogP contribution in [0.1, 0.15) is 143 Å². The van der Waals surface area contributed by atoms with Gasteiger partial charge in [0, 0.05) is 0 Å². The molecule has 0 aromatic rings. The maximum atomic E-state index is 2.46. The lowest BCUT2D eigenvalue weighted by molar-refractivity contribution is -0.927. The third-order valence-electron chi connectivity index (χ3n) is 6.63. The number of halogens is 1. The van der Waals surface area contributed by atoms with Crippen LogP contribution in [0.3, 0.4) is 0 Å². The second-order valence-electron chi connectivity index (χ2n) is 9.13. The maximum absolute atomic E-state index is 2.46. The fourth-order valence-electron chi connectivity index (χ4n) is 4.49. The molecule has 0 bridgehead atoms. The minimum atomic E-state index is 0. The summed E-state index contributed by atoms with van der Waals surface area (Å²) < 4.78 is 1.43. The standard InChI is InChI=1S/C26H56N.BrH/c1-5-9-12-15-18-21-24-27(8-4,25-22-19-16-13-10-6-2)26-23-20-17-14-11-7-3;/h5-26H2,1-4H3;1H/q+1;/p-1. The van der Waals surface area contributed by atoms with Gasteiger partial charge in [-0.15, -0.1) is 0 Å². The zero-order chi connectivity index (χ0) is 20.1. The molecule has 0 aromatic heterocycles. The van der Waals surface area contributed by atoms with Gasteiger partial charge in [-0.25, -0.2) is 0 Å². The molecule has 0 N–H and O–H groups in total. The molecule has 1 nitrogen and oxygen atoms in total. The summed E-state index contributed by atoms with van der Waals surface area (Å²) in [4.78, 5) is 0. The van der Waals surface area contributed by atoms with Crippen molar-refractivity contribution < 1.29 is 21.5 Å². The first kappa shape index (κ1) is 30.6. The first-order chi connectivity index (χ1) is 13.2. The molecule has 0 aliphatic heterocycles. The van der Waals surface area contributed by atoms with Crippen LogP contribution in [0.25, 0.3) is 0 Å². The molecule has 0 aliphatic rings. The first-order valence-corrected chi connectivity index (χ1v) is 13.1. The summed E-state index contributed by atoms with van der Waals surface area (Å²) >= 11 is 0. The van der Waals surface area contributed by atoms with Crippen LogP contribution in [-0.4, -0.2) is 30.7 Å². The number of nitrogens with zero attached hydrogens (tertiary/aromatic N) is 1. The molecule has 0 amide bonds. The highest BCUT2D eigenvalue weighted by molar-refractivity contribution is 4.52. The summed E-state index contributed by atoms with van der Waals surface area (Å²) in [5.74, 6) is 0. The van der Waals surface area contributed by atoms with E-state index in [0.717, 1.165) is 0 Å². The Balaban J connectivity index is 0. The highest BCUT2D eigenvalue weighted by atomic mass is 79.9. The van der Waals surface area contributed by atoms with Gasteiger partial charge in [0.05, 0.1) is 26.2 Å². The normalized spacial score (nSPS) is 11.6. The number of hydrogen-bond donors (Lipinski definition) is 0. The molecule has 0 unspecified atom stereocenters. The lowest BCUT2D eigenvalue weighted by Gasteiger charge is -2.38. The van der Waals surface area contributed by atoms with Gasteiger partial charge in [-0.1, -0.05) is 97.8 Å². The summed E-state index contributed by atoms with van der Waals surface area (Å²) in [6.45, 7) is 15.1. The molecule has 0 saturated carbocycles. The monoisotopic (exact) mass is 461 g/mol. The quantitative estimate of drug-likeness (QED) is 0.139. The van der Waals surface area contributed by atoms with E-state index in [1.807, 2.05) is 0 Å². The highest BCUT2D eigenvalue weighted by Crippen LogP contribution is 2.18. The van der Waals surface area contributed by atoms with Gasteiger partial charge < -0.3 is 21.5 Å². The molecule has 0 aromatic carbocycles. The fourth-order valence-corrected chi connectivity index (χ4v) is 4.49. The Hall–Kier alpha value is 0.440. The summed E-state index contributed by atoms with van der Waals surface area (Å²) in [5, 5.41) is 0. The molecule has 0 spiro atoms. The lowest BCUT2D eigenvalue weighted by Crippen LogP contribution is -3.00. The van der Waals surface area contributed by atoms with E-state index in [9.17, 15) is 0 Å². The minimum Gasteiger partial charge on any atom is -1.00 e. The number of unbranched alkanes of at least 4 members (excludes halogenated alkanes) is 15. The Morgan fingerprint density at radius 3 is 0.857 bits per heavy atom. The molecule has 0 rings (SSSR count). The van der Waals surface area contributed by atoms with Crippen LogP contribution in [0, 0.1) is 0 Å². The SMILES string of the molecule is CCCCCCCC[N+](CC)(CCCCCCCC)CCCCCCCC.[Br-]. The number of rotatable bonds is 22. The molecule has 0 fully saturated rings. The second kappa shape index (κ2) is 23.7. The van der Waals surface area contributed by atoms with Crippen molar-refractivity contribution in [1.29, 1.82) is 0 Å². The molecule has 0 aliphatic carbocycles. The van der Waals surface area contributed by atoms with Crippen molar-refractivity contribution in [2.45, 2.75) is 143 Å². The van der Waals surface area contributed by atoms with Crippen molar-refractivity contribution in [3.63, 3.8) is 0 Å². The molecular weight excluding hydrogens is 406 g/mol. The Kier molecular flexibility index (Phi) is 25.9. The molecule has 0 radical (unpaired) electrons. The average molecular weight is 463 g/mol. The van der Waals surface area contributed by atoms with Crippen LogP contribution in [0.15, 0.2) is 0 Å². The van der Waals surface area contributed by atoms with E-state index in [1.54, 1.807) is 0 Å². The minimum absolute atomic E-state index is 0. The Labute approximate surface area is 190 Å². The molecular formula is C26H56BrN. The van der Waals surface area contributed by atoms with Crippen LogP contribution >= 0.6 is 0 Å². The summed E-state index contributed by atoms with van der Waals surface area (Å²) in [7, 11) is 0. The highest BCUT2D eigenvalue weighted by Gasteiger charge is 2.23. The van der Waals surface area contributed by atoms with E-state index in [2.05, 4.69) is 27.7 Å². The van der Waals surface area contributed by atoms with E-state index in [0.29, 0.717) is 0 Å². The topological polar surface area (TPSA) is 0 Å². The van der Waals surface area contributed by atoms with Gasteiger partial charge in [0.15, 0.2) is 0 Å². The van der Waals surface area contributed by atoms with Crippen LogP contribution in [-0.2, 0) is 0 Å². The van der Waals surface area contributed by atoms with E-state index >= 15 is 0 Å². The summed E-state index contributed by atoms with van der Waals surface area (Å²) in [5.41, 5.74) is 0. The van der Waals surface area contributed by atoms with E-state index in [4.69, 9.17) is 0 Å². The first-order valence-electron chi connectivity index (χ1n) is 13.1. The predicted molar refractivity (Wildman–Crippen MR) is 126 cm³/mol. The third-order valence-corrected chi connectivity index (χ3v) is 6.63. The zero-order valence-electron chi connectivity index (χ0n) is 20.4. The second-order valence-corrected chi connectivity index (χ2v) is 9.13. The molecule has 0 saturated heterocycles. The van der Waals surface area contributed by atoms with Gasteiger partial charge in [-0.2, -0.15) is 0 Å². The predicted octanol–water partition coefficient (Wildman–Crippen LogP) is 5.91. The van der Waals surface area contributed by atoms with Crippen molar-refractivity contribution in [2.24, 2.45) is 0 Å². The van der Waals surface area contributed by atoms with Crippen LogP contribution in [0.5, 0.6) is 0 Å². The molecule has 0 heterocycles. The van der Waals surface area contributed by atoms with Crippen LogP contribution in [0.4, 0.5) is 0 Å². The van der Waals surface area contributed by atoms with Crippen molar-refractivity contribution in [2.75, 3.05) is 26.2 Å². The maximum Gasteiger partial charge on any atom is 0.0786 e. The fraction of sp³-hybridized carbons (Fsp3) is 1.00. The lowest BCUT2D eigenvalue weighted by atomic mass is 10.1. The van der Waals surface area contributed by atoms with Gasteiger partial charge >= 0.3 is 0 Å². The zero-order valence-corrected chi connectivity index (χ0v) is 22.0. The van der Waals surface area contributed by atoms with Gasteiger partial charge in [0.25, 0.3) is 0 Å². The van der Waals surface area contributed by atoms with Crippen molar-refractivity contribution in [3.8, 4) is 0 Å². The number of quaternary nitrogens is 1. The Bertz CT molecular complexity index is 239. The van der Waals surface area contributed by atoms with Crippen molar-refractivity contribution >= 4 is 0 Å². The van der Waals surface area contributed by atoms with E-state index < -0.39 is 0 Å². The average Bonchev–Trinajstić information content (AvgIpc) is 2.69. The van der Waals surface area contributed by atoms with E-state index in [-0.39, 0.29) is 17.0 Å². The van der Waals surface area contributed by atoms with Gasteiger partial charge in [0.1, 0.15) is 0 Å². The largest absolute Gasteiger partial charge is 1.00 e. The van der Waals surface area contributed by atoms with Crippen molar-refractivity contribution in [1.82, 2.24) is 0 Å². The Morgan fingerprint density at radius 2 is 0.607 bits per heavy atom. The third kappa shape index (κ3) is 18.5. The summed E-state index contributed by atoms with van der Waals surface area (Å²) in [6, 6.07) is 0. The molecule has 28 heavy (non-hydrogen) atoms. The van der Waals surface area contributed by atoms with Crippen molar-refractivity contribution in [3.05, 3.63) is 0 Å². The van der Waals surface area contributed by atoms with Crippen LogP contribution < -0.4 is 17.0 Å². The summed E-state index contributed by atoms with van der Waals surface area (Å²) in [6.07, 6.45) is 25.9. The molecule has 0 atom stereocenters. The van der Waals surface area contributed by atoms with Gasteiger partial charge in [-0.3, -0.25) is 0 Å². The van der Waals surface area contributed by atoms with E-state index in [1.165, 1.54) is 146 Å².